The lowest BCUT2D eigenvalue weighted by Gasteiger charge is -2.15. The van der Waals surface area contributed by atoms with Gasteiger partial charge in [-0.3, -0.25) is 9.36 Å². The highest BCUT2D eigenvalue weighted by atomic mass is 35.5. The Morgan fingerprint density at radius 2 is 1.94 bits per heavy atom. The molecule has 4 aromatic rings. The molecule has 3 heterocycles. The Kier molecular flexibility index (Phi) is 5.78. The fraction of sp³-hybridized carbons (Fsp3) is 0.292. The molecule has 0 radical (unpaired) electrons. The summed E-state index contributed by atoms with van der Waals surface area (Å²) in [6.45, 7) is 1.20. The number of fused-ring (bicyclic) bond motifs is 1. The molecule has 2 aromatic heterocycles. The average molecular weight is 467 g/mol. The van der Waals surface area contributed by atoms with E-state index in [1.165, 1.54) is 9.13 Å². The summed E-state index contributed by atoms with van der Waals surface area (Å²) >= 11 is 6.06. The molecule has 1 aliphatic rings. The molecular weight excluding hydrogens is 444 g/mol. The number of benzene rings is 2. The van der Waals surface area contributed by atoms with Gasteiger partial charge in [0.25, 0.3) is 5.56 Å². The summed E-state index contributed by atoms with van der Waals surface area (Å²) in [6.07, 6.45) is 3.14. The number of nitrogens with zero attached hydrogens (tertiary/aromatic N) is 4. The summed E-state index contributed by atoms with van der Waals surface area (Å²) in [5.41, 5.74) is 1.28. The molecule has 0 aliphatic carbocycles. The van der Waals surface area contributed by atoms with E-state index in [0.717, 1.165) is 18.4 Å². The van der Waals surface area contributed by atoms with Crippen LogP contribution in [0.15, 0.2) is 64.4 Å². The maximum atomic E-state index is 13.6. The molecule has 0 unspecified atom stereocenters. The Balaban J connectivity index is 1.72. The van der Waals surface area contributed by atoms with Crippen LogP contribution in [0.25, 0.3) is 16.9 Å². The molecule has 0 spiro atoms. The minimum Gasteiger partial charge on any atom is -0.496 e. The minimum absolute atomic E-state index is 0.169. The van der Waals surface area contributed by atoms with Crippen molar-refractivity contribution < 1.29 is 9.47 Å². The third kappa shape index (κ3) is 3.96. The normalized spacial score (nSPS) is 15.9. The second-order valence-corrected chi connectivity index (χ2v) is 8.44. The lowest BCUT2D eigenvalue weighted by Crippen LogP contribution is -2.42. The van der Waals surface area contributed by atoms with Gasteiger partial charge in [-0.25, -0.2) is 14.3 Å². The van der Waals surface area contributed by atoms with E-state index in [9.17, 15) is 9.59 Å². The van der Waals surface area contributed by atoms with E-state index in [-0.39, 0.29) is 18.2 Å². The van der Waals surface area contributed by atoms with Crippen molar-refractivity contribution in [1.29, 1.82) is 0 Å². The van der Waals surface area contributed by atoms with Crippen LogP contribution in [-0.2, 0) is 17.8 Å². The van der Waals surface area contributed by atoms with Crippen molar-refractivity contribution in [3.05, 3.63) is 86.3 Å². The van der Waals surface area contributed by atoms with Crippen molar-refractivity contribution in [2.24, 2.45) is 0 Å². The Labute approximate surface area is 194 Å². The van der Waals surface area contributed by atoms with Gasteiger partial charge >= 0.3 is 5.69 Å². The molecular formula is C24H23ClN4O4. The lowest BCUT2D eigenvalue weighted by atomic mass is 10.2. The van der Waals surface area contributed by atoms with Crippen LogP contribution in [-0.4, -0.2) is 38.5 Å². The summed E-state index contributed by atoms with van der Waals surface area (Å²) in [5.74, 6) is 0.713. The predicted octanol–water partition coefficient (Wildman–Crippen LogP) is 3.24. The molecule has 8 nitrogen and oxygen atoms in total. The summed E-state index contributed by atoms with van der Waals surface area (Å²) in [5, 5.41) is 0.553. The highest BCUT2D eigenvalue weighted by molar-refractivity contribution is 6.30. The fourth-order valence-electron chi connectivity index (χ4n) is 4.29. The quantitative estimate of drug-likeness (QED) is 0.436. The molecule has 0 saturated carbocycles. The zero-order valence-electron chi connectivity index (χ0n) is 18.1. The van der Waals surface area contributed by atoms with Crippen molar-refractivity contribution in [1.82, 2.24) is 18.7 Å². The summed E-state index contributed by atoms with van der Waals surface area (Å²) in [6, 6.07) is 14.5. The largest absolute Gasteiger partial charge is 0.496 e. The molecule has 33 heavy (non-hydrogen) atoms. The number of rotatable bonds is 6. The minimum atomic E-state index is -0.451. The molecule has 1 fully saturated rings. The molecule has 0 N–H and O–H groups in total. The van der Waals surface area contributed by atoms with Crippen LogP contribution in [0, 0.1) is 0 Å². The van der Waals surface area contributed by atoms with Gasteiger partial charge in [-0.2, -0.15) is 0 Å². The first-order valence-electron chi connectivity index (χ1n) is 10.8. The second kappa shape index (κ2) is 8.88. The van der Waals surface area contributed by atoms with Gasteiger partial charge in [-0.15, -0.1) is 0 Å². The third-order valence-corrected chi connectivity index (χ3v) is 6.18. The first-order valence-corrected chi connectivity index (χ1v) is 11.1. The van der Waals surface area contributed by atoms with Crippen molar-refractivity contribution in [3.8, 4) is 11.4 Å². The number of halogens is 1. The average Bonchev–Trinajstić information content (AvgIpc) is 3.49. The number of aromatic nitrogens is 4. The molecule has 0 amide bonds. The predicted molar refractivity (Wildman–Crippen MR) is 126 cm³/mol. The van der Waals surface area contributed by atoms with Crippen LogP contribution in [0.3, 0.4) is 0 Å². The van der Waals surface area contributed by atoms with E-state index in [1.54, 1.807) is 42.3 Å². The SMILES string of the molecule is COc1ccccc1Cn1cnc2c1c(=O)n(C[C@@H]1CCCO1)c(=O)n2-c1ccc(Cl)cc1. The van der Waals surface area contributed by atoms with E-state index in [1.807, 2.05) is 24.3 Å². The summed E-state index contributed by atoms with van der Waals surface area (Å²) < 4.78 is 15.7. The van der Waals surface area contributed by atoms with E-state index in [0.29, 0.717) is 40.8 Å². The zero-order chi connectivity index (χ0) is 22.9. The monoisotopic (exact) mass is 466 g/mol. The molecule has 170 valence electrons. The van der Waals surface area contributed by atoms with Gasteiger partial charge in [-0.05, 0) is 43.2 Å². The molecule has 9 heteroatoms. The topological polar surface area (TPSA) is 80.3 Å². The highest BCUT2D eigenvalue weighted by Gasteiger charge is 2.23. The maximum absolute atomic E-state index is 13.6. The van der Waals surface area contributed by atoms with Crippen LogP contribution >= 0.6 is 11.6 Å². The third-order valence-electron chi connectivity index (χ3n) is 5.93. The van der Waals surface area contributed by atoms with Crippen molar-refractivity contribution in [2.45, 2.75) is 32.0 Å². The summed E-state index contributed by atoms with van der Waals surface area (Å²) in [7, 11) is 1.61. The van der Waals surface area contributed by atoms with Gasteiger partial charge in [0.05, 0.1) is 38.3 Å². The molecule has 1 atom stereocenters. The highest BCUT2D eigenvalue weighted by Crippen LogP contribution is 2.21. The van der Waals surface area contributed by atoms with Crippen molar-refractivity contribution in [3.63, 3.8) is 0 Å². The van der Waals surface area contributed by atoms with Gasteiger partial charge in [0, 0.05) is 17.2 Å². The lowest BCUT2D eigenvalue weighted by molar-refractivity contribution is 0.0950. The Morgan fingerprint density at radius 1 is 1.15 bits per heavy atom. The number of para-hydroxylation sites is 1. The first-order chi connectivity index (χ1) is 16.1. The van der Waals surface area contributed by atoms with Gasteiger partial charge in [0.15, 0.2) is 11.2 Å². The van der Waals surface area contributed by atoms with Gasteiger partial charge in [-0.1, -0.05) is 29.8 Å². The van der Waals surface area contributed by atoms with Crippen LogP contribution in [0.5, 0.6) is 5.75 Å². The van der Waals surface area contributed by atoms with Crippen LogP contribution < -0.4 is 16.0 Å². The molecule has 5 rings (SSSR count). The fourth-order valence-corrected chi connectivity index (χ4v) is 4.42. The number of methoxy groups -OCH3 is 1. The van der Waals surface area contributed by atoms with Crippen molar-refractivity contribution in [2.75, 3.05) is 13.7 Å². The molecule has 2 aromatic carbocycles. The Morgan fingerprint density at radius 3 is 2.67 bits per heavy atom. The summed E-state index contributed by atoms with van der Waals surface area (Å²) in [4.78, 5) is 31.6. The van der Waals surface area contributed by atoms with Crippen LogP contribution in [0.4, 0.5) is 0 Å². The second-order valence-electron chi connectivity index (χ2n) is 8.00. The Hall–Kier alpha value is -3.36. The van der Waals surface area contributed by atoms with Gasteiger partial charge in [0.2, 0.25) is 0 Å². The van der Waals surface area contributed by atoms with Crippen LogP contribution in [0.2, 0.25) is 5.02 Å². The van der Waals surface area contributed by atoms with E-state index in [4.69, 9.17) is 21.1 Å². The molecule has 1 aliphatic heterocycles. The molecule has 1 saturated heterocycles. The van der Waals surface area contributed by atoms with E-state index in [2.05, 4.69) is 4.98 Å². The van der Waals surface area contributed by atoms with Gasteiger partial charge < -0.3 is 14.0 Å². The smallest absolute Gasteiger partial charge is 0.337 e. The van der Waals surface area contributed by atoms with E-state index < -0.39 is 5.69 Å². The number of hydrogen-bond acceptors (Lipinski definition) is 5. The standard InChI is InChI=1S/C24H23ClN4O4/c1-32-20-7-3-2-5-16(20)13-27-15-26-22-21(27)23(30)28(14-19-6-4-12-33-19)24(31)29(22)18-10-8-17(25)9-11-18/h2-3,5,7-11,15,19H,4,6,12-14H2,1H3/t19-/m0/s1. The van der Waals surface area contributed by atoms with Crippen LogP contribution in [0.1, 0.15) is 18.4 Å². The number of hydrogen-bond donors (Lipinski definition) is 0. The van der Waals surface area contributed by atoms with Crippen molar-refractivity contribution >= 4 is 22.8 Å². The Bertz CT molecular complexity index is 1420. The zero-order valence-corrected chi connectivity index (χ0v) is 18.9. The number of imidazole rings is 1. The van der Waals surface area contributed by atoms with E-state index >= 15 is 0 Å². The first kappa shape index (κ1) is 21.5. The number of ether oxygens (including phenoxy) is 2. The molecule has 0 bridgehead atoms. The van der Waals surface area contributed by atoms with Gasteiger partial charge in [0.1, 0.15) is 5.75 Å². The maximum Gasteiger partial charge on any atom is 0.337 e.